The number of anilines is 3. The van der Waals surface area contributed by atoms with Crippen LogP contribution in [0.5, 0.6) is 0 Å². The summed E-state index contributed by atoms with van der Waals surface area (Å²) in [5.41, 5.74) is 3.29. The average Bonchev–Trinajstić information content (AvgIpc) is 2.92. The minimum absolute atomic E-state index is 0.0373. The maximum absolute atomic E-state index is 12.7. The minimum atomic E-state index is -0.221. The summed E-state index contributed by atoms with van der Waals surface area (Å²) < 4.78 is 5.28. The standard InChI is InChI=1S/C27H28N4O4/c1-30(24-5-3-2-4-6-24)26(33)20-7-11-22(12-8-20)28-19-25(32)29-23-13-9-21(10-14-23)27(34)31-15-17-35-18-16-31/h2-14,28H,15-19H2,1H3,(H,29,32). The molecule has 2 N–H and O–H groups in total. The van der Waals surface area contributed by atoms with Gasteiger partial charge in [-0.3, -0.25) is 14.4 Å². The number of morpholine rings is 1. The highest BCUT2D eigenvalue weighted by Gasteiger charge is 2.18. The molecule has 1 heterocycles. The molecule has 1 aliphatic heterocycles. The van der Waals surface area contributed by atoms with Crippen molar-refractivity contribution >= 4 is 34.8 Å². The van der Waals surface area contributed by atoms with E-state index < -0.39 is 0 Å². The number of nitrogens with one attached hydrogen (secondary N) is 2. The first kappa shape index (κ1) is 24.0. The second-order valence-corrected chi connectivity index (χ2v) is 8.16. The van der Waals surface area contributed by atoms with Crippen molar-refractivity contribution in [1.82, 2.24) is 4.90 Å². The Hall–Kier alpha value is -4.17. The van der Waals surface area contributed by atoms with Crippen molar-refractivity contribution in [3.8, 4) is 0 Å². The summed E-state index contributed by atoms with van der Waals surface area (Å²) in [7, 11) is 1.74. The SMILES string of the molecule is CN(C(=O)c1ccc(NCC(=O)Nc2ccc(C(=O)N3CCOCC3)cc2)cc1)c1ccccc1. The zero-order valence-corrected chi connectivity index (χ0v) is 19.6. The molecule has 4 rings (SSSR count). The van der Waals surface area contributed by atoms with Gasteiger partial charge in [0.05, 0.1) is 19.8 Å². The van der Waals surface area contributed by atoms with Gasteiger partial charge in [0.1, 0.15) is 0 Å². The number of para-hydroxylation sites is 1. The number of rotatable bonds is 7. The molecule has 180 valence electrons. The van der Waals surface area contributed by atoms with Gasteiger partial charge in [-0.25, -0.2) is 0 Å². The number of hydrogen-bond acceptors (Lipinski definition) is 5. The Morgan fingerprint density at radius 2 is 1.43 bits per heavy atom. The molecule has 0 radical (unpaired) electrons. The van der Waals surface area contributed by atoms with E-state index in [-0.39, 0.29) is 24.3 Å². The quantitative estimate of drug-likeness (QED) is 0.549. The molecule has 1 aliphatic rings. The normalized spacial score (nSPS) is 13.1. The number of hydrogen-bond donors (Lipinski definition) is 2. The van der Waals surface area contributed by atoms with Crippen LogP contribution >= 0.6 is 0 Å². The van der Waals surface area contributed by atoms with E-state index in [1.807, 2.05) is 30.3 Å². The van der Waals surface area contributed by atoms with Crippen LogP contribution in [-0.2, 0) is 9.53 Å². The summed E-state index contributed by atoms with van der Waals surface area (Å²) in [5.74, 6) is -0.373. The molecule has 3 aromatic rings. The van der Waals surface area contributed by atoms with Crippen LogP contribution in [0.3, 0.4) is 0 Å². The zero-order valence-electron chi connectivity index (χ0n) is 19.6. The number of ether oxygens (including phenoxy) is 1. The lowest BCUT2D eigenvalue weighted by Crippen LogP contribution is -2.40. The van der Waals surface area contributed by atoms with Gasteiger partial charge in [0.15, 0.2) is 0 Å². The van der Waals surface area contributed by atoms with Gasteiger partial charge in [0, 0.05) is 48.3 Å². The van der Waals surface area contributed by atoms with E-state index in [1.165, 1.54) is 0 Å². The predicted molar refractivity (Wildman–Crippen MR) is 136 cm³/mol. The van der Waals surface area contributed by atoms with E-state index in [1.54, 1.807) is 65.4 Å². The average molecular weight is 473 g/mol. The zero-order chi connectivity index (χ0) is 24.6. The smallest absolute Gasteiger partial charge is 0.258 e. The van der Waals surface area contributed by atoms with Gasteiger partial charge in [-0.2, -0.15) is 0 Å². The molecule has 0 aliphatic carbocycles. The van der Waals surface area contributed by atoms with Crippen LogP contribution in [0.4, 0.5) is 17.1 Å². The van der Waals surface area contributed by atoms with Crippen molar-refractivity contribution in [2.45, 2.75) is 0 Å². The van der Waals surface area contributed by atoms with Crippen LogP contribution in [0.2, 0.25) is 0 Å². The Morgan fingerprint density at radius 3 is 2.09 bits per heavy atom. The number of nitrogens with zero attached hydrogens (tertiary/aromatic N) is 2. The largest absolute Gasteiger partial charge is 0.378 e. The predicted octanol–water partition coefficient (Wildman–Crippen LogP) is 3.49. The van der Waals surface area contributed by atoms with Crippen molar-refractivity contribution in [3.05, 3.63) is 90.0 Å². The van der Waals surface area contributed by atoms with Gasteiger partial charge < -0.3 is 25.2 Å². The second-order valence-electron chi connectivity index (χ2n) is 8.16. The van der Waals surface area contributed by atoms with Gasteiger partial charge in [0.2, 0.25) is 5.91 Å². The van der Waals surface area contributed by atoms with E-state index in [0.29, 0.717) is 43.1 Å². The monoisotopic (exact) mass is 472 g/mol. The molecule has 0 saturated carbocycles. The first-order chi connectivity index (χ1) is 17.0. The summed E-state index contributed by atoms with van der Waals surface area (Å²) in [4.78, 5) is 40.9. The number of carbonyl (C=O) groups excluding carboxylic acids is 3. The summed E-state index contributed by atoms with van der Waals surface area (Å²) >= 11 is 0. The molecule has 0 bridgehead atoms. The minimum Gasteiger partial charge on any atom is -0.378 e. The second kappa shape index (κ2) is 11.3. The van der Waals surface area contributed by atoms with E-state index in [9.17, 15) is 14.4 Å². The van der Waals surface area contributed by atoms with Gasteiger partial charge >= 0.3 is 0 Å². The van der Waals surface area contributed by atoms with Gasteiger partial charge in [-0.05, 0) is 60.7 Å². The van der Waals surface area contributed by atoms with Crippen molar-refractivity contribution in [3.63, 3.8) is 0 Å². The molecule has 35 heavy (non-hydrogen) atoms. The van der Waals surface area contributed by atoms with Crippen LogP contribution in [-0.4, -0.2) is 62.5 Å². The van der Waals surface area contributed by atoms with Crippen molar-refractivity contribution in [1.29, 1.82) is 0 Å². The number of benzene rings is 3. The highest BCUT2D eigenvalue weighted by molar-refractivity contribution is 6.06. The Labute approximate surface area is 204 Å². The third kappa shape index (κ3) is 6.24. The van der Waals surface area contributed by atoms with Gasteiger partial charge in [-0.15, -0.1) is 0 Å². The fourth-order valence-electron chi connectivity index (χ4n) is 3.73. The Bertz CT molecular complexity index is 1160. The van der Waals surface area contributed by atoms with Gasteiger partial charge in [-0.1, -0.05) is 18.2 Å². The lowest BCUT2D eigenvalue weighted by Gasteiger charge is -2.26. The van der Waals surface area contributed by atoms with Gasteiger partial charge in [0.25, 0.3) is 11.8 Å². The Kier molecular flexibility index (Phi) is 7.74. The topological polar surface area (TPSA) is 91.0 Å². The molecule has 0 aromatic heterocycles. The highest BCUT2D eigenvalue weighted by Crippen LogP contribution is 2.17. The third-order valence-corrected chi connectivity index (χ3v) is 5.75. The molecule has 0 spiro atoms. The van der Waals surface area contributed by atoms with Crippen molar-refractivity contribution in [2.24, 2.45) is 0 Å². The van der Waals surface area contributed by atoms with Crippen LogP contribution < -0.4 is 15.5 Å². The summed E-state index contributed by atoms with van der Waals surface area (Å²) in [6.45, 7) is 2.34. The molecule has 8 heteroatoms. The van der Waals surface area contributed by atoms with E-state index in [2.05, 4.69) is 10.6 Å². The molecule has 1 saturated heterocycles. The Balaban J connectivity index is 1.26. The molecular formula is C27H28N4O4. The summed E-state index contributed by atoms with van der Waals surface area (Å²) in [6.07, 6.45) is 0. The lowest BCUT2D eigenvalue weighted by atomic mass is 10.1. The number of amides is 3. The first-order valence-corrected chi connectivity index (χ1v) is 11.5. The maximum atomic E-state index is 12.7. The van der Waals surface area contributed by atoms with E-state index in [4.69, 9.17) is 4.74 Å². The van der Waals surface area contributed by atoms with Crippen molar-refractivity contribution in [2.75, 3.05) is 55.4 Å². The molecule has 0 atom stereocenters. The fraction of sp³-hybridized carbons (Fsp3) is 0.222. The molecule has 1 fully saturated rings. The molecule has 3 aromatic carbocycles. The summed E-state index contributed by atoms with van der Waals surface area (Å²) in [5, 5.41) is 5.87. The van der Waals surface area contributed by atoms with Crippen LogP contribution in [0, 0.1) is 0 Å². The van der Waals surface area contributed by atoms with Crippen molar-refractivity contribution < 1.29 is 19.1 Å². The Morgan fingerprint density at radius 1 is 0.829 bits per heavy atom. The van der Waals surface area contributed by atoms with Crippen LogP contribution in [0.25, 0.3) is 0 Å². The highest BCUT2D eigenvalue weighted by atomic mass is 16.5. The number of carbonyl (C=O) groups is 3. The van der Waals surface area contributed by atoms with Crippen LogP contribution in [0.15, 0.2) is 78.9 Å². The first-order valence-electron chi connectivity index (χ1n) is 11.5. The molecule has 0 unspecified atom stereocenters. The third-order valence-electron chi connectivity index (χ3n) is 5.75. The maximum Gasteiger partial charge on any atom is 0.258 e. The van der Waals surface area contributed by atoms with E-state index in [0.717, 1.165) is 11.4 Å². The van der Waals surface area contributed by atoms with Crippen LogP contribution in [0.1, 0.15) is 20.7 Å². The fourth-order valence-corrected chi connectivity index (χ4v) is 3.73. The lowest BCUT2D eigenvalue weighted by molar-refractivity contribution is -0.114. The van der Waals surface area contributed by atoms with E-state index >= 15 is 0 Å². The molecule has 8 nitrogen and oxygen atoms in total. The summed E-state index contributed by atoms with van der Waals surface area (Å²) in [6, 6.07) is 23.3. The molecular weight excluding hydrogens is 444 g/mol. The molecule has 3 amide bonds.